The maximum absolute atomic E-state index is 6.16. The minimum Gasteiger partial charge on any atom is -0.271 e. The van der Waals surface area contributed by atoms with Crippen LogP contribution in [0.4, 0.5) is 0 Å². The van der Waals surface area contributed by atoms with Crippen LogP contribution in [0.1, 0.15) is 32.3 Å². The van der Waals surface area contributed by atoms with Crippen LogP contribution in [-0.4, -0.2) is 6.04 Å². The largest absolute Gasteiger partial charge is 0.271 e. The number of nitrogens with one attached hydrogen (secondary N) is 1. The van der Waals surface area contributed by atoms with Gasteiger partial charge < -0.3 is 0 Å². The van der Waals surface area contributed by atoms with Gasteiger partial charge in [-0.2, -0.15) is 0 Å². The van der Waals surface area contributed by atoms with Crippen LogP contribution in [0, 0.1) is 5.92 Å². The molecule has 1 aromatic rings. The zero-order valence-electron chi connectivity index (χ0n) is 10.3. The Bertz CT molecular complexity index is 351. The molecular weight excluding hydrogens is 255 g/mol. The maximum Gasteiger partial charge on any atom is 0.0439 e. The first kappa shape index (κ1) is 14.8. The summed E-state index contributed by atoms with van der Waals surface area (Å²) in [6, 6.07) is 5.78. The third-order valence-corrected chi connectivity index (χ3v) is 3.88. The fraction of sp³-hybridized carbons (Fsp3) is 0.538. The molecule has 2 nitrogen and oxygen atoms in total. The second kappa shape index (κ2) is 7.22. The zero-order valence-corrected chi connectivity index (χ0v) is 11.9. The Balaban J connectivity index is 2.83. The summed E-state index contributed by atoms with van der Waals surface area (Å²) < 4.78 is 0. The van der Waals surface area contributed by atoms with Gasteiger partial charge in [-0.1, -0.05) is 49.9 Å². The molecule has 0 amide bonds. The van der Waals surface area contributed by atoms with E-state index < -0.39 is 0 Å². The molecule has 96 valence electrons. The summed E-state index contributed by atoms with van der Waals surface area (Å²) in [7, 11) is 0. The van der Waals surface area contributed by atoms with E-state index in [1.807, 2.05) is 12.1 Å². The number of benzene rings is 1. The van der Waals surface area contributed by atoms with Crippen LogP contribution >= 0.6 is 23.2 Å². The van der Waals surface area contributed by atoms with Crippen LogP contribution in [0.25, 0.3) is 0 Å². The number of hydrazine groups is 1. The molecule has 1 unspecified atom stereocenters. The second-order valence-electron chi connectivity index (χ2n) is 4.29. The molecule has 1 aromatic carbocycles. The molecule has 0 fully saturated rings. The van der Waals surface area contributed by atoms with Crippen molar-refractivity contribution in [1.82, 2.24) is 5.43 Å². The van der Waals surface area contributed by atoms with Crippen molar-refractivity contribution in [2.75, 3.05) is 0 Å². The highest BCUT2D eigenvalue weighted by Crippen LogP contribution is 2.24. The van der Waals surface area contributed by atoms with E-state index in [0.717, 1.165) is 29.8 Å². The first-order valence-electron chi connectivity index (χ1n) is 6.02. The molecule has 0 saturated carbocycles. The lowest BCUT2D eigenvalue weighted by molar-refractivity contribution is 0.335. The Morgan fingerprint density at radius 2 is 1.88 bits per heavy atom. The molecule has 17 heavy (non-hydrogen) atoms. The van der Waals surface area contributed by atoms with Crippen molar-refractivity contribution in [1.29, 1.82) is 0 Å². The molecule has 4 heteroatoms. The predicted molar refractivity (Wildman–Crippen MR) is 75.3 cm³/mol. The van der Waals surface area contributed by atoms with Crippen molar-refractivity contribution in [2.24, 2.45) is 11.8 Å². The van der Waals surface area contributed by atoms with Crippen molar-refractivity contribution < 1.29 is 0 Å². The Morgan fingerprint density at radius 1 is 1.24 bits per heavy atom. The van der Waals surface area contributed by atoms with Gasteiger partial charge in [-0.15, -0.1) is 0 Å². The van der Waals surface area contributed by atoms with Crippen LogP contribution in [0.15, 0.2) is 18.2 Å². The number of halogens is 2. The molecule has 0 aliphatic rings. The molecule has 0 spiro atoms. The van der Waals surface area contributed by atoms with E-state index in [9.17, 15) is 0 Å². The lowest BCUT2D eigenvalue weighted by Gasteiger charge is -2.25. The Hall–Kier alpha value is -0.280. The van der Waals surface area contributed by atoms with E-state index in [1.54, 1.807) is 6.07 Å². The first-order chi connectivity index (χ1) is 8.12. The summed E-state index contributed by atoms with van der Waals surface area (Å²) in [6.07, 6.45) is 3.01. The van der Waals surface area contributed by atoms with Crippen molar-refractivity contribution in [3.05, 3.63) is 33.8 Å². The summed E-state index contributed by atoms with van der Waals surface area (Å²) in [6.45, 7) is 4.36. The summed E-state index contributed by atoms with van der Waals surface area (Å²) in [5, 5.41) is 1.46. The van der Waals surface area contributed by atoms with Gasteiger partial charge in [0.1, 0.15) is 0 Å². The fourth-order valence-electron chi connectivity index (χ4n) is 2.16. The highest BCUT2D eigenvalue weighted by Gasteiger charge is 2.18. The SMILES string of the molecule is CCC(CC)C(Cc1cc(Cl)ccc1Cl)NN. The second-order valence-corrected chi connectivity index (χ2v) is 5.13. The number of nitrogens with two attached hydrogens (primary N) is 1. The van der Waals surface area contributed by atoms with Crippen LogP contribution < -0.4 is 11.3 Å². The summed E-state index contributed by atoms with van der Waals surface area (Å²) in [5.74, 6) is 6.19. The van der Waals surface area contributed by atoms with Gasteiger partial charge >= 0.3 is 0 Å². The van der Waals surface area contributed by atoms with Crippen LogP contribution in [0.2, 0.25) is 10.0 Å². The van der Waals surface area contributed by atoms with Gasteiger partial charge in [0, 0.05) is 16.1 Å². The first-order valence-corrected chi connectivity index (χ1v) is 6.78. The van der Waals surface area contributed by atoms with Crippen LogP contribution in [0.5, 0.6) is 0 Å². The van der Waals surface area contributed by atoms with E-state index in [0.29, 0.717) is 10.9 Å². The van der Waals surface area contributed by atoms with E-state index in [-0.39, 0.29) is 6.04 Å². The van der Waals surface area contributed by atoms with Crippen molar-refractivity contribution in [3.63, 3.8) is 0 Å². The van der Waals surface area contributed by atoms with Gasteiger partial charge in [-0.3, -0.25) is 11.3 Å². The molecule has 1 atom stereocenters. The third kappa shape index (κ3) is 4.14. The van der Waals surface area contributed by atoms with Crippen molar-refractivity contribution in [2.45, 2.75) is 39.2 Å². The minimum atomic E-state index is 0.237. The molecule has 1 rings (SSSR count). The highest BCUT2D eigenvalue weighted by molar-refractivity contribution is 6.33. The van der Waals surface area contributed by atoms with Gasteiger partial charge in [0.2, 0.25) is 0 Å². The predicted octanol–water partition coefficient (Wildman–Crippen LogP) is 3.80. The third-order valence-electron chi connectivity index (χ3n) is 3.28. The molecule has 0 saturated heterocycles. The lowest BCUT2D eigenvalue weighted by atomic mass is 9.90. The number of rotatable bonds is 6. The molecule has 0 radical (unpaired) electrons. The molecule has 3 N–H and O–H groups in total. The fourth-order valence-corrected chi connectivity index (χ4v) is 2.55. The summed E-state index contributed by atoms with van der Waals surface area (Å²) in [5.41, 5.74) is 3.95. The summed E-state index contributed by atoms with van der Waals surface area (Å²) >= 11 is 12.1. The van der Waals surface area contributed by atoms with E-state index in [1.165, 1.54) is 0 Å². The maximum atomic E-state index is 6.16. The zero-order chi connectivity index (χ0) is 12.8. The highest BCUT2D eigenvalue weighted by atomic mass is 35.5. The number of hydrogen-bond donors (Lipinski definition) is 2. The van der Waals surface area contributed by atoms with Gasteiger partial charge in [0.05, 0.1) is 0 Å². The molecule has 0 bridgehead atoms. The van der Waals surface area contributed by atoms with Gasteiger partial charge in [-0.25, -0.2) is 0 Å². The Labute approximate surface area is 113 Å². The van der Waals surface area contributed by atoms with Crippen molar-refractivity contribution >= 4 is 23.2 Å². The quantitative estimate of drug-likeness (QED) is 0.612. The lowest BCUT2D eigenvalue weighted by Crippen LogP contribution is -2.42. The standard InChI is InChI=1S/C13H20Cl2N2/c1-3-9(4-2)13(17-16)8-10-7-11(14)5-6-12(10)15/h5-7,9,13,17H,3-4,8,16H2,1-2H3. The average molecular weight is 275 g/mol. The monoisotopic (exact) mass is 274 g/mol. The van der Waals surface area contributed by atoms with E-state index in [2.05, 4.69) is 19.3 Å². The van der Waals surface area contributed by atoms with E-state index >= 15 is 0 Å². The van der Waals surface area contributed by atoms with Crippen molar-refractivity contribution in [3.8, 4) is 0 Å². The van der Waals surface area contributed by atoms with Gasteiger partial charge in [0.25, 0.3) is 0 Å². The van der Waals surface area contributed by atoms with Gasteiger partial charge in [0.15, 0.2) is 0 Å². The normalized spacial score (nSPS) is 13.1. The van der Waals surface area contributed by atoms with Crippen LogP contribution in [0.3, 0.4) is 0 Å². The topological polar surface area (TPSA) is 38.0 Å². The number of hydrogen-bond acceptors (Lipinski definition) is 2. The molecule has 0 heterocycles. The van der Waals surface area contributed by atoms with Gasteiger partial charge in [-0.05, 0) is 36.1 Å². The minimum absolute atomic E-state index is 0.237. The summed E-state index contributed by atoms with van der Waals surface area (Å²) in [4.78, 5) is 0. The molecule has 0 aliphatic heterocycles. The Morgan fingerprint density at radius 3 is 2.41 bits per heavy atom. The molecular formula is C13H20Cl2N2. The average Bonchev–Trinajstić information content (AvgIpc) is 2.33. The van der Waals surface area contributed by atoms with Crippen LogP contribution in [-0.2, 0) is 6.42 Å². The Kier molecular flexibility index (Phi) is 6.28. The molecule has 0 aromatic heterocycles. The molecule has 0 aliphatic carbocycles. The van der Waals surface area contributed by atoms with E-state index in [4.69, 9.17) is 29.0 Å². The smallest absolute Gasteiger partial charge is 0.0439 e.